The van der Waals surface area contributed by atoms with Gasteiger partial charge in [-0.15, -0.1) is 0 Å². The molecule has 4 aromatic heterocycles. The second-order valence-corrected chi connectivity index (χ2v) is 14.4. The van der Waals surface area contributed by atoms with Gasteiger partial charge >= 0.3 is 0 Å². The minimum absolute atomic E-state index is 0.612. The first-order chi connectivity index (χ1) is 28.3. The van der Waals surface area contributed by atoms with E-state index in [4.69, 9.17) is 19.4 Å². The molecule has 0 bridgehead atoms. The maximum absolute atomic E-state index is 6.69. The second-order valence-electron chi connectivity index (χ2n) is 14.4. The Labute approximate surface area is 326 Å². The zero-order valence-electron chi connectivity index (χ0n) is 30.5. The number of hydrogen-bond donors (Lipinski definition) is 0. The van der Waals surface area contributed by atoms with E-state index in [0.29, 0.717) is 17.5 Å². The molecule has 12 rings (SSSR count). The molecule has 0 atom stereocenters. The van der Waals surface area contributed by atoms with Crippen molar-refractivity contribution >= 4 is 65.6 Å². The van der Waals surface area contributed by atoms with Gasteiger partial charge in [0.2, 0.25) is 0 Å². The molecule has 0 aliphatic heterocycles. The first-order valence-electron chi connectivity index (χ1n) is 19.1. The molecule has 6 nitrogen and oxygen atoms in total. The second kappa shape index (κ2) is 12.3. The lowest BCUT2D eigenvalue weighted by atomic mass is 10.1. The quantitative estimate of drug-likeness (QED) is 0.177. The van der Waals surface area contributed by atoms with Gasteiger partial charge in [-0.2, -0.15) is 0 Å². The third kappa shape index (κ3) is 4.81. The van der Waals surface area contributed by atoms with Gasteiger partial charge in [0.15, 0.2) is 23.1 Å². The van der Waals surface area contributed by atoms with E-state index in [2.05, 4.69) is 124 Å². The van der Waals surface area contributed by atoms with E-state index in [1.807, 2.05) is 72.8 Å². The van der Waals surface area contributed by atoms with Crippen molar-refractivity contribution in [3.05, 3.63) is 188 Å². The molecule has 0 fully saturated rings. The van der Waals surface area contributed by atoms with Gasteiger partial charge in [0, 0.05) is 54.7 Å². The van der Waals surface area contributed by atoms with Crippen molar-refractivity contribution in [1.29, 1.82) is 0 Å². The van der Waals surface area contributed by atoms with E-state index in [1.165, 1.54) is 21.5 Å². The van der Waals surface area contributed by atoms with Crippen LogP contribution < -0.4 is 0 Å². The summed E-state index contributed by atoms with van der Waals surface area (Å²) in [6.45, 7) is 0. The predicted octanol–water partition coefficient (Wildman–Crippen LogP) is 13.0. The van der Waals surface area contributed by atoms with Gasteiger partial charge in [-0.05, 0) is 36.4 Å². The smallest absolute Gasteiger partial charge is 0.164 e. The fourth-order valence-corrected chi connectivity index (χ4v) is 8.65. The molecule has 12 aromatic rings. The molecular weight excluding hydrogens is 699 g/mol. The number of furan rings is 1. The van der Waals surface area contributed by atoms with E-state index in [-0.39, 0.29) is 0 Å². The SMILES string of the molecule is c1ccc(-c2nc(-c3ccccc3)nc(-c3cccc(-n4c5ccccc5c5ccc6c7ccccc7n(-c7cccc8c7oc7ccccc78)c6c54)c3)n2)cc1. The first-order valence-corrected chi connectivity index (χ1v) is 19.1. The van der Waals surface area contributed by atoms with Crippen molar-refractivity contribution < 1.29 is 4.42 Å². The number of hydrogen-bond acceptors (Lipinski definition) is 4. The van der Waals surface area contributed by atoms with Crippen molar-refractivity contribution in [2.45, 2.75) is 0 Å². The monoisotopic (exact) mass is 729 g/mol. The highest BCUT2D eigenvalue weighted by atomic mass is 16.3. The Morgan fingerprint density at radius 1 is 0.351 bits per heavy atom. The van der Waals surface area contributed by atoms with E-state index in [9.17, 15) is 0 Å². The van der Waals surface area contributed by atoms with E-state index >= 15 is 0 Å². The number of fused-ring (bicyclic) bond motifs is 10. The number of nitrogens with zero attached hydrogens (tertiary/aromatic N) is 5. The van der Waals surface area contributed by atoms with Crippen LogP contribution in [0.1, 0.15) is 0 Å². The van der Waals surface area contributed by atoms with Crippen LogP contribution in [0.25, 0.3) is 111 Å². The highest BCUT2D eigenvalue weighted by Crippen LogP contribution is 2.44. The topological polar surface area (TPSA) is 61.7 Å². The van der Waals surface area contributed by atoms with Crippen LogP contribution in [-0.4, -0.2) is 24.1 Å². The fraction of sp³-hybridized carbons (Fsp3) is 0. The highest BCUT2D eigenvalue weighted by Gasteiger charge is 2.23. The summed E-state index contributed by atoms with van der Waals surface area (Å²) in [7, 11) is 0. The molecule has 8 aromatic carbocycles. The highest BCUT2D eigenvalue weighted by molar-refractivity contribution is 6.24. The molecule has 0 saturated heterocycles. The van der Waals surface area contributed by atoms with Crippen LogP contribution in [0.3, 0.4) is 0 Å². The third-order valence-electron chi connectivity index (χ3n) is 11.2. The zero-order chi connectivity index (χ0) is 37.5. The molecule has 0 radical (unpaired) electrons. The third-order valence-corrected chi connectivity index (χ3v) is 11.2. The van der Waals surface area contributed by atoms with Crippen LogP contribution in [0, 0.1) is 0 Å². The molecule has 266 valence electrons. The first kappa shape index (κ1) is 31.5. The Morgan fingerprint density at radius 3 is 1.51 bits per heavy atom. The van der Waals surface area contributed by atoms with E-state index in [0.717, 1.165) is 72.1 Å². The van der Waals surface area contributed by atoms with Gasteiger partial charge in [-0.25, -0.2) is 15.0 Å². The molecule has 0 aliphatic rings. The van der Waals surface area contributed by atoms with E-state index in [1.54, 1.807) is 0 Å². The molecule has 6 heteroatoms. The summed E-state index contributed by atoms with van der Waals surface area (Å²) in [4.78, 5) is 15.1. The Bertz CT molecular complexity index is 3470. The van der Waals surface area contributed by atoms with Crippen LogP contribution in [0.2, 0.25) is 0 Å². The van der Waals surface area contributed by atoms with Crippen molar-refractivity contribution in [3.8, 4) is 45.5 Å². The Kier molecular flexibility index (Phi) is 6.83. The van der Waals surface area contributed by atoms with Gasteiger partial charge in [-0.1, -0.05) is 152 Å². The van der Waals surface area contributed by atoms with Crippen molar-refractivity contribution in [3.63, 3.8) is 0 Å². The van der Waals surface area contributed by atoms with Gasteiger partial charge in [0.25, 0.3) is 0 Å². The molecule has 0 aliphatic carbocycles. The van der Waals surface area contributed by atoms with Crippen LogP contribution in [0.15, 0.2) is 192 Å². The van der Waals surface area contributed by atoms with Crippen LogP contribution in [-0.2, 0) is 0 Å². The maximum atomic E-state index is 6.69. The maximum Gasteiger partial charge on any atom is 0.164 e. The van der Waals surface area contributed by atoms with Crippen LogP contribution in [0.5, 0.6) is 0 Å². The predicted molar refractivity (Wildman–Crippen MR) is 232 cm³/mol. The molecule has 0 saturated carbocycles. The Morgan fingerprint density at radius 2 is 0.842 bits per heavy atom. The average Bonchev–Trinajstić information content (AvgIpc) is 3.95. The Hall–Kier alpha value is -7.83. The lowest BCUT2D eigenvalue weighted by molar-refractivity contribution is 0.666. The van der Waals surface area contributed by atoms with Gasteiger partial charge in [0.1, 0.15) is 5.58 Å². The van der Waals surface area contributed by atoms with E-state index < -0.39 is 0 Å². The molecule has 0 unspecified atom stereocenters. The number of para-hydroxylation sites is 4. The molecule has 0 amide bonds. The lowest BCUT2D eigenvalue weighted by Gasteiger charge is -2.14. The summed E-state index contributed by atoms with van der Waals surface area (Å²) < 4.78 is 11.5. The van der Waals surface area contributed by atoms with Gasteiger partial charge in [0.05, 0.1) is 27.8 Å². The molecule has 4 heterocycles. The summed E-state index contributed by atoms with van der Waals surface area (Å²) in [5, 5.41) is 6.90. The van der Waals surface area contributed by atoms with Crippen LogP contribution >= 0.6 is 0 Å². The summed E-state index contributed by atoms with van der Waals surface area (Å²) in [6.07, 6.45) is 0. The standard InChI is InChI=1S/C51H31N5O/c1-3-15-32(16-4-1)49-52-50(33-17-5-2-6-18-33)54-51(53-49)34-19-13-20-35(31-34)55-42-25-10-7-21-36(42)39-29-30-40-37-22-8-11-26-43(37)56(47(40)46(39)55)44-27-14-24-41-38-23-9-12-28-45(38)57-48(41)44/h1-31H. The van der Waals surface area contributed by atoms with Gasteiger partial charge in [-0.3, -0.25) is 0 Å². The van der Waals surface area contributed by atoms with Gasteiger partial charge < -0.3 is 13.6 Å². The summed E-state index contributed by atoms with van der Waals surface area (Å²) in [5.41, 5.74) is 11.0. The minimum Gasteiger partial charge on any atom is -0.454 e. The number of aromatic nitrogens is 5. The molecule has 57 heavy (non-hydrogen) atoms. The van der Waals surface area contributed by atoms with Crippen molar-refractivity contribution in [2.24, 2.45) is 0 Å². The minimum atomic E-state index is 0.612. The average molecular weight is 730 g/mol. The number of rotatable bonds is 5. The number of benzene rings is 8. The summed E-state index contributed by atoms with van der Waals surface area (Å²) >= 11 is 0. The molecular formula is C51H31N5O. The fourth-order valence-electron chi connectivity index (χ4n) is 8.65. The summed E-state index contributed by atoms with van der Waals surface area (Å²) in [6, 6.07) is 65.5. The van der Waals surface area contributed by atoms with Crippen LogP contribution in [0.4, 0.5) is 0 Å². The zero-order valence-corrected chi connectivity index (χ0v) is 30.5. The summed E-state index contributed by atoms with van der Waals surface area (Å²) in [5.74, 6) is 1.88. The van der Waals surface area contributed by atoms with Crippen molar-refractivity contribution in [1.82, 2.24) is 24.1 Å². The normalized spacial score (nSPS) is 11.9. The lowest BCUT2D eigenvalue weighted by Crippen LogP contribution is -2.01. The largest absolute Gasteiger partial charge is 0.454 e. The molecule has 0 N–H and O–H groups in total. The molecule has 0 spiro atoms. The van der Waals surface area contributed by atoms with Crippen molar-refractivity contribution in [2.75, 3.05) is 0 Å². The Balaban J connectivity index is 1.16.